The highest BCUT2D eigenvalue weighted by Crippen LogP contribution is 2.46. The van der Waals surface area contributed by atoms with E-state index in [2.05, 4.69) is 10.6 Å². The molecule has 4 rings (SSSR count). The van der Waals surface area contributed by atoms with E-state index in [4.69, 9.17) is 9.84 Å². The normalized spacial score (nSPS) is 19.8. The van der Waals surface area contributed by atoms with Crippen LogP contribution in [0, 0.1) is 11.6 Å². The van der Waals surface area contributed by atoms with Crippen LogP contribution in [0.25, 0.3) is 0 Å². The minimum atomic E-state index is -1.17. The van der Waals surface area contributed by atoms with Gasteiger partial charge in [0.25, 0.3) is 5.91 Å². The minimum absolute atomic E-state index is 0.151. The lowest BCUT2D eigenvalue weighted by molar-refractivity contribution is -0.141. The van der Waals surface area contributed by atoms with Crippen molar-refractivity contribution in [3.8, 4) is 5.75 Å². The number of amides is 2. The van der Waals surface area contributed by atoms with E-state index in [1.54, 1.807) is 36.4 Å². The molecule has 204 valence electrons. The van der Waals surface area contributed by atoms with E-state index in [-0.39, 0.29) is 11.7 Å². The van der Waals surface area contributed by atoms with Gasteiger partial charge in [-0.05, 0) is 60.0 Å². The van der Waals surface area contributed by atoms with Gasteiger partial charge in [0.15, 0.2) is 6.61 Å². The quantitative estimate of drug-likeness (QED) is 0.268. The summed E-state index contributed by atoms with van der Waals surface area (Å²) in [4.78, 5) is 35.6. The second kappa shape index (κ2) is 11.8. The highest BCUT2D eigenvalue weighted by molar-refractivity contribution is 8.00. The largest absolute Gasteiger partial charge is 0.484 e. The molecular weight excluding hydrogens is 530 g/mol. The van der Waals surface area contributed by atoms with Gasteiger partial charge in [0, 0.05) is 5.75 Å². The average molecular weight is 557 g/mol. The molecule has 0 aliphatic carbocycles. The fourth-order valence-electron chi connectivity index (χ4n) is 4.25. The van der Waals surface area contributed by atoms with Gasteiger partial charge in [-0.15, -0.1) is 11.8 Å². The number of carbonyl (C=O) groups excluding carboxylic acids is 2. The van der Waals surface area contributed by atoms with E-state index in [0.717, 1.165) is 0 Å². The summed E-state index contributed by atoms with van der Waals surface area (Å²) in [5.41, 5.74) is 0.774. The van der Waals surface area contributed by atoms with Gasteiger partial charge >= 0.3 is 5.97 Å². The van der Waals surface area contributed by atoms with E-state index in [1.165, 1.54) is 55.1 Å². The maximum Gasteiger partial charge on any atom is 0.325 e. The third-order valence-corrected chi connectivity index (χ3v) is 7.76. The summed E-state index contributed by atoms with van der Waals surface area (Å²) in [5, 5.41) is 24.1. The number of ether oxygens (including phenoxy) is 1. The first-order chi connectivity index (χ1) is 18.6. The molecule has 0 bridgehead atoms. The Morgan fingerprint density at radius 1 is 1.00 bits per heavy atom. The number of carbonyl (C=O) groups is 3. The van der Waals surface area contributed by atoms with Gasteiger partial charge < -0.3 is 25.6 Å². The van der Waals surface area contributed by atoms with Gasteiger partial charge in [0.1, 0.15) is 34.2 Å². The molecular formula is C28H26F2N2O6S. The molecule has 2 amide bonds. The van der Waals surface area contributed by atoms with Crippen LogP contribution in [-0.2, 0) is 19.9 Å². The van der Waals surface area contributed by atoms with E-state index in [1.807, 2.05) is 0 Å². The number of hydrogen-bond donors (Lipinski definition) is 4. The summed E-state index contributed by atoms with van der Waals surface area (Å²) < 4.78 is 32.5. The molecule has 1 aliphatic rings. The van der Waals surface area contributed by atoms with E-state index in [0.29, 0.717) is 22.4 Å². The zero-order valence-corrected chi connectivity index (χ0v) is 21.6. The smallest absolute Gasteiger partial charge is 0.325 e. The second-order valence-corrected chi connectivity index (χ2v) is 10.2. The molecule has 3 aromatic rings. The van der Waals surface area contributed by atoms with Crippen molar-refractivity contribution >= 4 is 29.5 Å². The number of halogens is 2. The number of rotatable bonds is 11. The van der Waals surface area contributed by atoms with Crippen molar-refractivity contribution in [2.75, 3.05) is 12.4 Å². The van der Waals surface area contributed by atoms with Crippen molar-refractivity contribution in [2.24, 2.45) is 0 Å². The van der Waals surface area contributed by atoms with Crippen molar-refractivity contribution < 1.29 is 38.1 Å². The minimum Gasteiger partial charge on any atom is -0.484 e. The van der Waals surface area contributed by atoms with Crippen LogP contribution in [0.15, 0.2) is 72.8 Å². The van der Waals surface area contributed by atoms with Crippen molar-refractivity contribution in [2.45, 2.75) is 29.9 Å². The van der Waals surface area contributed by atoms with Gasteiger partial charge in [0.2, 0.25) is 5.91 Å². The monoisotopic (exact) mass is 556 g/mol. The number of hydrogen-bond acceptors (Lipinski definition) is 6. The molecule has 1 aliphatic heterocycles. The standard InChI is InChI=1S/C28H26F2N2O6S/c1-16(27(36)37)31-24(34)14-38-22-12-6-19(7-13-22)28(18-4-10-21(30)11-5-18)25(26(35)32-28)39-15-23(33)17-2-8-20(29)9-3-17/h2-13,16,23,25,33H,14-15H2,1H3,(H,31,34)(H,32,35)(H,36,37)/t16-,23?,25+,28+/m1/s1. The first kappa shape index (κ1) is 28.1. The topological polar surface area (TPSA) is 125 Å². The molecule has 1 unspecified atom stereocenters. The van der Waals surface area contributed by atoms with Crippen LogP contribution in [-0.4, -0.2) is 51.6 Å². The number of benzene rings is 3. The molecule has 0 aromatic heterocycles. The lowest BCUT2D eigenvalue weighted by Crippen LogP contribution is -2.69. The Morgan fingerprint density at radius 3 is 2.08 bits per heavy atom. The molecule has 4 atom stereocenters. The first-order valence-corrected chi connectivity index (χ1v) is 13.0. The number of nitrogens with one attached hydrogen (secondary N) is 2. The van der Waals surface area contributed by atoms with Gasteiger partial charge in [-0.1, -0.05) is 36.4 Å². The van der Waals surface area contributed by atoms with Gasteiger partial charge in [-0.25, -0.2) is 8.78 Å². The number of carboxylic acid groups (broad SMARTS) is 1. The third-order valence-electron chi connectivity index (χ3n) is 6.35. The van der Waals surface area contributed by atoms with Crippen molar-refractivity contribution in [3.63, 3.8) is 0 Å². The maximum absolute atomic E-state index is 13.7. The van der Waals surface area contributed by atoms with Crippen LogP contribution in [0.5, 0.6) is 5.75 Å². The highest BCUT2D eigenvalue weighted by Gasteiger charge is 2.56. The Morgan fingerprint density at radius 2 is 1.54 bits per heavy atom. The summed E-state index contributed by atoms with van der Waals surface area (Å²) in [7, 11) is 0. The molecule has 0 saturated carbocycles. The van der Waals surface area contributed by atoms with Crippen LogP contribution in [0.2, 0.25) is 0 Å². The average Bonchev–Trinajstić information content (AvgIpc) is 2.91. The summed E-state index contributed by atoms with van der Waals surface area (Å²) in [6, 6.07) is 16.8. The van der Waals surface area contributed by atoms with Crippen molar-refractivity contribution in [1.29, 1.82) is 0 Å². The van der Waals surface area contributed by atoms with Crippen molar-refractivity contribution in [3.05, 3.63) is 101 Å². The van der Waals surface area contributed by atoms with E-state index in [9.17, 15) is 28.3 Å². The van der Waals surface area contributed by atoms with Crippen LogP contribution < -0.4 is 15.4 Å². The predicted molar refractivity (Wildman–Crippen MR) is 140 cm³/mol. The number of aliphatic hydroxyl groups is 1. The Balaban J connectivity index is 1.53. The SMILES string of the molecule is C[C@@H](NC(=O)COc1ccc([C@]2(c3ccc(F)cc3)NC(=O)[C@@H]2SCC(O)c2ccc(F)cc2)cc1)C(=O)O. The molecule has 1 heterocycles. The molecule has 4 N–H and O–H groups in total. The summed E-state index contributed by atoms with van der Waals surface area (Å²) in [6.07, 6.45) is -0.944. The number of aliphatic hydroxyl groups excluding tert-OH is 1. The lowest BCUT2D eigenvalue weighted by atomic mass is 9.74. The summed E-state index contributed by atoms with van der Waals surface area (Å²) in [6.45, 7) is 0.945. The van der Waals surface area contributed by atoms with Crippen LogP contribution in [0.3, 0.4) is 0 Å². The Labute approximate surface area is 227 Å². The molecule has 3 aromatic carbocycles. The predicted octanol–water partition coefficient (Wildman–Crippen LogP) is 3.14. The molecule has 1 saturated heterocycles. The van der Waals surface area contributed by atoms with Crippen molar-refractivity contribution in [1.82, 2.24) is 10.6 Å². The number of thioether (sulfide) groups is 1. The Kier molecular flexibility index (Phi) is 8.51. The molecule has 0 spiro atoms. The zero-order chi connectivity index (χ0) is 28.2. The molecule has 1 fully saturated rings. The van der Waals surface area contributed by atoms with Crippen LogP contribution in [0.1, 0.15) is 29.7 Å². The fourth-order valence-corrected chi connectivity index (χ4v) is 5.61. The Bertz CT molecular complexity index is 1340. The summed E-state index contributed by atoms with van der Waals surface area (Å²) >= 11 is 1.22. The Hall–Kier alpha value is -3.96. The van der Waals surface area contributed by atoms with Gasteiger partial charge in [0.05, 0.1) is 6.10 Å². The van der Waals surface area contributed by atoms with Crippen LogP contribution >= 0.6 is 11.8 Å². The fraction of sp³-hybridized carbons (Fsp3) is 0.250. The van der Waals surface area contributed by atoms with E-state index >= 15 is 0 Å². The van der Waals surface area contributed by atoms with Gasteiger partial charge in [-0.3, -0.25) is 14.4 Å². The second-order valence-electron chi connectivity index (χ2n) is 9.03. The molecule has 11 heteroatoms. The molecule has 39 heavy (non-hydrogen) atoms. The number of carboxylic acids is 1. The molecule has 8 nitrogen and oxygen atoms in total. The number of aliphatic carboxylic acids is 1. The first-order valence-electron chi connectivity index (χ1n) is 12.0. The third kappa shape index (κ3) is 6.21. The number of β-lactam (4-membered cyclic amide) rings is 1. The van der Waals surface area contributed by atoms with E-state index < -0.39 is 53.1 Å². The van der Waals surface area contributed by atoms with Gasteiger partial charge in [-0.2, -0.15) is 0 Å². The molecule has 0 radical (unpaired) electrons. The zero-order valence-electron chi connectivity index (χ0n) is 20.8. The highest BCUT2D eigenvalue weighted by atomic mass is 32.2. The summed E-state index contributed by atoms with van der Waals surface area (Å²) in [5.74, 6) is -2.39. The van der Waals surface area contributed by atoms with Crippen LogP contribution in [0.4, 0.5) is 8.78 Å². The lowest BCUT2D eigenvalue weighted by Gasteiger charge is -2.50. The maximum atomic E-state index is 13.7.